The van der Waals surface area contributed by atoms with Gasteiger partial charge < -0.3 is 4.89 Å². The van der Waals surface area contributed by atoms with Crippen LogP contribution >= 0.6 is 7.82 Å². The molecule has 0 aliphatic rings. The van der Waals surface area contributed by atoms with Crippen LogP contribution in [-0.2, 0) is 13.6 Å². The zero-order chi connectivity index (χ0) is 15.3. The van der Waals surface area contributed by atoms with Gasteiger partial charge in [-0.3, -0.25) is 9.05 Å². The highest BCUT2D eigenvalue weighted by molar-refractivity contribution is 7.47. The Balaban J connectivity index is 0.000000428. The van der Waals surface area contributed by atoms with E-state index in [0.717, 1.165) is 25.7 Å². The molecule has 0 unspecified atom stereocenters. The maximum atomic E-state index is 11.1. The van der Waals surface area contributed by atoms with Crippen molar-refractivity contribution in [2.24, 2.45) is 0 Å². The molecule has 0 aromatic heterocycles. The molecule has 116 valence electrons. The van der Waals surface area contributed by atoms with Crippen molar-refractivity contribution < 1.29 is 18.5 Å². The lowest BCUT2D eigenvalue weighted by Crippen LogP contribution is -1.98. The third-order valence-corrected chi connectivity index (χ3v) is 3.46. The van der Waals surface area contributed by atoms with Crippen LogP contribution in [0.5, 0.6) is 0 Å². The fourth-order valence-electron chi connectivity index (χ4n) is 1.22. The summed E-state index contributed by atoms with van der Waals surface area (Å²) in [5.74, 6) is 0. The normalized spacial score (nSPS) is 10.8. The molecule has 20 heavy (non-hydrogen) atoms. The summed E-state index contributed by atoms with van der Waals surface area (Å²) in [6.07, 6.45) is 3.44. The summed E-state index contributed by atoms with van der Waals surface area (Å²) >= 11 is 0. The second kappa shape index (κ2) is 12.1. The lowest BCUT2D eigenvalue weighted by Gasteiger charge is -2.10. The van der Waals surface area contributed by atoms with E-state index in [9.17, 15) is 4.57 Å². The highest BCUT2D eigenvalue weighted by Crippen LogP contribution is 2.43. The Morgan fingerprint density at radius 1 is 1.00 bits per heavy atom. The fraction of sp³-hybridized carbons (Fsp3) is 0.600. The van der Waals surface area contributed by atoms with Gasteiger partial charge in [0.15, 0.2) is 0 Å². The maximum absolute atomic E-state index is 11.1. The van der Waals surface area contributed by atoms with Crippen LogP contribution in [0.3, 0.4) is 0 Å². The molecule has 1 rings (SSSR count). The molecule has 0 heterocycles. The lowest BCUT2D eigenvalue weighted by atomic mass is 10.2. The van der Waals surface area contributed by atoms with Gasteiger partial charge >= 0.3 is 7.82 Å². The van der Waals surface area contributed by atoms with E-state index in [2.05, 4.69) is 19.1 Å². The summed E-state index contributed by atoms with van der Waals surface area (Å²) in [4.78, 5) is 9.08. The van der Waals surface area contributed by atoms with Gasteiger partial charge in [0.2, 0.25) is 0 Å². The van der Waals surface area contributed by atoms with Crippen molar-refractivity contribution in [1.82, 2.24) is 0 Å². The van der Waals surface area contributed by atoms with Gasteiger partial charge in [-0.1, -0.05) is 62.6 Å². The Labute approximate surface area is 122 Å². The topological polar surface area (TPSA) is 55.8 Å². The van der Waals surface area contributed by atoms with E-state index in [-0.39, 0.29) is 13.2 Å². The molecule has 0 radical (unpaired) electrons. The van der Waals surface area contributed by atoms with E-state index < -0.39 is 7.82 Å². The van der Waals surface area contributed by atoms with E-state index in [4.69, 9.17) is 13.9 Å². The van der Waals surface area contributed by atoms with Crippen LogP contribution in [0.1, 0.15) is 45.1 Å². The molecule has 0 saturated carbocycles. The van der Waals surface area contributed by atoms with E-state index in [1.54, 1.807) is 0 Å². The summed E-state index contributed by atoms with van der Waals surface area (Å²) in [7, 11) is -3.75. The molecular weight excluding hydrogens is 275 g/mol. The van der Waals surface area contributed by atoms with Gasteiger partial charge in [-0.25, -0.2) is 4.57 Å². The highest BCUT2D eigenvalue weighted by Gasteiger charge is 2.19. The Bertz CT molecular complexity index is 353. The predicted molar refractivity (Wildman–Crippen MR) is 82.7 cm³/mol. The van der Waals surface area contributed by atoms with Crippen molar-refractivity contribution in [1.29, 1.82) is 0 Å². The second-order valence-electron chi connectivity index (χ2n) is 4.50. The molecular formula is C15H27O4P. The number of unbranched alkanes of at least 4 members (excludes halogenated alkanes) is 2. The molecule has 1 aromatic carbocycles. The van der Waals surface area contributed by atoms with Crippen LogP contribution in [0, 0.1) is 6.92 Å². The van der Waals surface area contributed by atoms with Gasteiger partial charge in [0.05, 0.1) is 13.2 Å². The zero-order valence-corrected chi connectivity index (χ0v) is 13.6. The molecule has 0 aliphatic heterocycles. The smallest absolute Gasteiger partial charge is 0.302 e. The summed E-state index contributed by atoms with van der Waals surface area (Å²) in [5, 5.41) is 0. The lowest BCUT2D eigenvalue weighted by molar-refractivity contribution is 0.146. The van der Waals surface area contributed by atoms with E-state index in [1.165, 1.54) is 5.56 Å². The van der Waals surface area contributed by atoms with E-state index >= 15 is 0 Å². The van der Waals surface area contributed by atoms with Crippen LogP contribution < -0.4 is 0 Å². The number of rotatable bonds is 8. The average molecular weight is 302 g/mol. The van der Waals surface area contributed by atoms with Crippen molar-refractivity contribution >= 4 is 7.82 Å². The molecule has 0 bridgehead atoms. The molecule has 5 heteroatoms. The van der Waals surface area contributed by atoms with Crippen LogP contribution in [0.15, 0.2) is 30.3 Å². The second-order valence-corrected chi connectivity index (χ2v) is 5.95. The Kier molecular flexibility index (Phi) is 11.7. The molecule has 0 saturated heterocycles. The monoisotopic (exact) mass is 302 g/mol. The quantitative estimate of drug-likeness (QED) is 0.558. The SMILES string of the molecule is CCCCOP(=O)(O)OCCCC.Cc1ccccc1. The number of hydrogen-bond acceptors (Lipinski definition) is 3. The fourth-order valence-corrected chi connectivity index (χ4v) is 2.01. The van der Waals surface area contributed by atoms with Crippen molar-refractivity contribution in [3.8, 4) is 0 Å². The van der Waals surface area contributed by atoms with E-state index in [0.29, 0.717) is 0 Å². The van der Waals surface area contributed by atoms with Gasteiger partial charge in [0.25, 0.3) is 0 Å². The van der Waals surface area contributed by atoms with Gasteiger partial charge in [-0.2, -0.15) is 0 Å². The maximum Gasteiger partial charge on any atom is 0.472 e. The summed E-state index contributed by atoms with van der Waals surface area (Å²) < 4.78 is 20.5. The number of phosphoric ester groups is 1. The third kappa shape index (κ3) is 12.4. The molecule has 0 amide bonds. The summed E-state index contributed by atoms with van der Waals surface area (Å²) in [6, 6.07) is 10.3. The van der Waals surface area contributed by atoms with Crippen LogP contribution in [0.25, 0.3) is 0 Å². The van der Waals surface area contributed by atoms with Crippen LogP contribution in [-0.4, -0.2) is 18.1 Å². The standard InChI is InChI=1S/C8H19O4P.C7H8/c1-3-5-7-11-13(9,10)12-8-6-4-2;1-7-5-3-2-4-6-7/h3-8H2,1-2H3,(H,9,10);2-6H,1H3. The first-order valence-electron chi connectivity index (χ1n) is 7.15. The van der Waals surface area contributed by atoms with Gasteiger partial charge in [0, 0.05) is 0 Å². The summed E-state index contributed by atoms with van der Waals surface area (Å²) in [6.45, 7) is 6.64. The Morgan fingerprint density at radius 3 is 1.75 bits per heavy atom. The largest absolute Gasteiger partial charge is 0.472 e. The minimum absolute atomic E-state index is 0.288. The van der Waals surface area contributed by atoms with Gasteiger partial charge in [0.1, 0.15) is 0 Å². The van der Waals surface area contributed by atoms with Crippen molar-refractivity contribution in [2.45, 2.75) is 46.5 Å². The molecule has 0 spiro atoms. The minimum atomic E-state index is -3.75. The predicted octanol–water partition coefficient (Wildman–Crippen LogP) is 4.72. The minimum Gasteiger partial charge on any atom is -0.302 e. The van der Waals surface area contributed by atoms with E-state index in [1.807, 2.05) is 32.0 Å². The van der Waals surface area contributed by atoms with Gasteiger partial charge in [-0.15, -0.1) is 0 Å². The summed E-state index contributed by atoms with van der Waals surface area (Å²) in [5.41, 5.74) is 1.32. The number of hydrogen-bond donors (Lipinski definition) is 1. The molecule has 0 aliphatic carbocycles. The van der Waals surface area contributed by atoms with Crippen LogP contribution in [0.2, 0.25) is 0 Å². The van der Waals surface area contributed by atoms with Crippen LogP contribution in [0.4, 0.5) is 0 Å². The Hall–Kier alpha value is -0.670. The molecule has 1 N–H and O–H groups in total. The number of phosphoric acid groups is 1. The third-order valence-electron chi connectivity index (χ3n) is 2.45. The molecule has 4 nitrogen and oxygen atoms in total. The number of benzene rings is 1. The first-order chi connectivity index (χ1) is 9.52. The zero-order valence-electron chi connectivity index (χ0n) is 12.7. The van der Waals surface area contributed by atoms with Gasteiger partial charge in [-0.05, 0) is 19.8 Å². The van der Waals surface area contributed by atoms with Crippen molar-refractivity contribution in [2.75, 3.05) is 13.2 Å². The molecule has 1 aromatic rings. The number of aryl methyl sites for hydroxylation is 1. The molecule has 0 atom stereocenters. The average Bonchev–Trinajstić information content (AvgIpc) is 2.41. The first-order valence-corrected chi connectivity index (χ1v) is 8.65. The van der Waals surface area contributed by atoms with Crippen molar-refractivity contribution in [3.05, 3.63) is 35.9 Å². The Morgan fingerprint density at radius 2 is 1.45 bits per heavy atom. The molecule has 0 fully saturated rings. The highest BCUT2D eigenvalue weighted by atomic mass is 31.2. The van der Waals surface area contributed by atoms with Crippen molar-refractivity contribution in [3.63, 3.8) is 0 Å². The first kappa shape index (κ1) is 19.3.